The van der Waals surface area contributed by atoms with Gasteiger partial charge in [-0.3, -0.25) is 14.2 Å². The fourth-order valence-corrected chi connectivity index (χ4v) is 6.50. The number of anilines is 2. The number of hydrogen-bond donors (Lipinski definition) is 2. The van der Waals surface area contributed by atoms with Crippen molar-refractivity contribution in [2.75, 3.05) is 42.0 Å². The molecule has 0 aliphatic carbocycles. The summed E-state index contributed by atoms with van der Waals surface area (Å²) in [6, 6.07) is 16.8. The molecule has 1 aliphatic heterocycles. The SMILES string of the molecule is CSc1ccc(S(=O)(=O)Nc2ccc(S(=O)(=O)Nc3cccc(C)c3)cc2)cc1C(=O)N1CCOCC1. The van der Waals surface area contributed by atoms with Crippen molar-refractivity contribution in [3.8, 4) is 0 Å². The number of carbonyl (C=O) groups excluding carboxylic acids is 1. The van der Waals surface area contributed by atoms with Crippen LogP contribution >= 0.6 is 11.8 Å². The molecule has 196 valence electrons. The van der Waals surface area contributed by atoms with E-state index in [1.54, 1.807) is 29.2 Å². The highest BCUT2D eigenvalue weighted by molar-refractivity contribution is 7.98. The first kappa shape index (κ1) is 27.0. The maximum absolute atomic E-state index is 13.1. The fraction of sp³-hybridized carbons (Fsp3) is 0.240. The van der Waals surface area contributed by atoms with Crippen LogP contribution in [0.25, 0.3) is 0 Å². The zero-order valence-electron chi connectivity index (χ0n) is 20.3. The van der Waals surface area contributed by atoms with Gasteiger partial charge in [0.1, 0.15) is 0 Å². The van der Waals surface area contributed by atoms with E-state index in [-0.39, 0.29) is 21.4 Å². The van der Waals surface area contributed by atoms with Crippen LogP contribution in [0.2, 0.25) is 0 Å². The van der Waals surface area contributed by atoms with Crippen molar-refractivity contribution in [3.05, 3.63) is 77.9 Å². The molecule has 3 aromatic rings. The number of benzene rings is 3. The van der Waals surface area contributed by atoms with Crippen molar-refractivity contribution in [1.29, 1.82) is 0 Å². The van der Waals surface area contributed by atoms with Crippen LogP contribution in [0, 0.1) is 6.92 Å². The summed E-state index contributed by atoms with van der Waals surface area (Å²) < 4.78 is 62.0. The van der Waals surface area contributed by atoms with E-state index in [1.165, 1.54) is 48.2 Å². The Morgan fingerprint density at radius 3 is 2.11 bits per heavy atom. The molecule has 1 aliphatic rings. The Balaban J connectivity index is 1.53. The summed E-state index contributed by atoms with van der Waals surface area (Å²) in [6.07, 6.45) is 1.82. The number of rotatable bonds is 8. The maximum Gasteiger partial charge on any atom is 0.261 e. The number of thioether (sulfide) groups is 1. The van der Waals surface area contributed by atoms with Crippen molar-refractivity contribution in [2.24, 2.45) is 0 Å². The number of hydrogen-bond acceptors (Lipinski definition) is 7. The number of sulfonamides is 2. The summed E-state index contributed by atoms with van der Waals surface area (Å²) in [5.74, 6) is -0.250. The molecule has 2 N–H and O–H groups in total. The number of morpholine rings is 1. The Kier molecular flexibility index (Phi) is 8.12. The van der Waals surface area contributed by atoms with Gasteiger partial charge in [0.25, 0.3) is 26.0 Å². The average molecular weight is 562 g/mol. The molecule has 1 amide bonds. The van der Waals surface area contributed by atoms with Gasteiger partial charge in [-0.25, -0.2) is 16.8 Å². The number of amides is 1. The highest BCUT2D eigenvalue weighted by atomic mass is 32.2. The normalized spacial score (nSPS) is 14.3. The van der Waals surface area contributed by atoms with Gasteiger partial charge in [-0.15, -0.1) is 11.8 Å². The molecule has 4 rings (SSSR count). The monoisotopic (exact) mass is 561 g/mol. The molecule has 9 nitrogen and oxygen atoms in total. The largest absolute Gasteiger partial charge is 0.378 e. The molecule has 0 aromatic heterocycles. The molecular formula is C25H27N3O6S3. The molecule has 0 unspecified atom stereocenters. The van der Waals surface area contributed by atoms with Crippen molar-refractivity contribution < 1.29 is 26.4 Å². The standard InChI is InChI=1S/C25H27N3O6S3/c1-18-4-3-5-20(16-18)27-36(30,31)21-8-6-19(7-9-21)26-37(32,33)22-10-11-24(35-2)23(17-22)25(29)28-12-14-34-15-13-28/h3-11,16-17,26-27H,12-15H2,1-2H3. The molecule has 0 saturated carbocycles. The van der Waals surface area contributed by atoms with Gasteiger partial charge < -0.3 is 9.64 Å². The fourth-order valence-electron chi connectivity index (χ4n) is 3.80. The van der Waals surface area contributed by atoms with Crippen molar-refractivity contribution in [2.45, 2.75) is 21.6 Å². The molecule has 0 bridgehead atoms. The highest BCUT2D eigenvalue weighted by Gasteiger charge is 2.24. The lowest BCUT2D eigenvalue weighted by Gasteiger charge is -2.27. The number of nitrogens with zero attached hydrogens (tertiary/aromatic N) is 1. The molecule has 0 spiro atoms. The molecule has 3 aromatic carbocycles. The first-order valence-electron chi connectivity index (χ1n) is 11.4. The Hall–Kier alpha value is -3.06. The van der Waals surface area contributed by atoms with Gasteiger partial charge in [-0.2, -0.15) is 0 Å². The lowest BCUT2D eigenvalue weighted by atomic mass is 10.2. The summed E-state index contributed by atoms with van der Waals surface area (Å²) in [5.41, 5.74) is 1.83. The zero-order valence-corrected chi connectivity index (χ0v) is 22.8. The quantitative estimate of drug-likeness (QED) is 0.401. The van der Waals surface area contributed by atoms with Crippen LogP contribution < -0.4 is 9.44 Å². The van der Waals surface area contributed by atoms with E-state index in [0.29, 0.717) is 42.4 Å². The topological polar surface area (TPSA) is 122 Å². The Morgan fingerprint density at radius 1 is 0.838 bits per heavy atom. The van der Waals surface area contributed by atoms with Gasteiger partial charge in [0, 0.05) is 29.4 Å². The van der Waals surface area contributed by atoms with Gasteiger partial charge >= 0.3 is 0 Å². The molecule has 37 heavy (non-hydrogen) atoms. The lowest BCUT2D eigenvalue weighted by molar-refractivity contribution is 0.0300. The van der Waals surface area contributed by atoms with Crippen LogP contribution in [0.15, 0.2) is 81.4 Å². The highest BCUT2D eigenvalue weighted by Crippen LogP contribution is 2.27. The van der Waals surface area contributed by atoms with Gasteiger partial charge in [0.2, 0.25) is 0 Å². The number of aryl methyl sites for hydroxylation is 1. The van der Waals surface area contributed by atoms with Gasteiger partial charge in [-0.05, 0) is 73.3 Å². The second kappa shape index (κ2) is 11.1. The summed E-state index contributed by atoms with van der Waals surface area (Å²) in [6.45, 7) is 3.61. The molecule has 0 radical (unpaired) electrons. The minimum absolute atomic E-state index is 0.0142. The number of carbonyl (C=O) groups is 1. The minimum Gasteiger partial charge on any atom is -0.378 e. The Morgan fingerprint density at radius 2 is 1.46 bits per heavy atom. The van der Waals surface area contributed by atoms with Crippen molar-refractivity contribution >= 4 is 49.1 Å². The smallest absolute Gasteiger partial charge is 0.261 e. The molecule has 0 atom stereocenters. The zero-order chi connectivity index (χ0) is 26.6. The molecule has 12 heteroatoms. The third-order valence-corrected chi connectivity index (χ3v) is 9.27. The van der Waals surface area contributed by atoms with E-state index < -0.39 is 20.0 Å². The molecular weight excluding hydrogens is 534 g/mol. The number of ether oxygens (including phenoxy) is 1. The first-order chi connectivity index (χ1) is 17.6. The Bertz CT molecular complexity index is 1500. The van der Waals surface area contributed by atoms with Gasteiger partial charge in [0.05, 0.1) is 28.6 Å². The van der Waals surface area contributed by atoms with Crippen LogP contribution in [-0.4, -0.2) is 60.2 Å². The lowest BCUT2D eigenvalue weighted by Crippen LogP contribution is -2.40. The predicted octanol–water partition coefficient (Wildman–Crippen LogP) is 3.79. The van der Waals surface area contributed by atoms with Crippen molar-refractivity contribution in [1.82, 2.24) is 4.90 Å². The summed E-state index contributed by atoms with van der Waals surface area (Å²) in [5, 5.41) is 0. The minimum atomic E-state index is -4.05. The Labute approximate surface area is 221 Å². The predicted molar refractivity (Wildman–Crippen MR) is 144 cm³/mol. The van der Waals surface area contributed by atoms with E-state index >= 15 is 0 Å². The van der Waals surface area contributed by atoms with Crippen LogP contribution in [-0.2, 0) is 24.8 Å². The molecule has 1 saturated heterocycles. The van der Waals surface area contributed by atoms with Crippen LogP contribution in [0.3, 0.4) is 0 Å². The second-order valence-electron chi connectivity index (χ2n) is 8.37. The summed E-state index contributed by atoms with van der Waals surface area (Å²) >= 11 is 1.36. The van der Waals surface area contributed by atoms with Crippen LogP contribution in [0.5, 0.6) is 0 Å². The maximum atomic E-state index is 13.1. The molecule has 1 heterocycles. The first-order valence-corrected chi connectivity index (χ1v) is 15.6. The van der Waals surface area contributed by atoms with E-state index in [0.717, 1.165) is 5.56 Å². The van der Waals surface area contributed by atoms with Gasteiger partial charge in [-0.1, -0.05) is 12.1 Å². The summed E-state index contributed by atoms with van der Waals surface area (Å²) in [7, 11) is -7.90. The second-order valence-corrected chi connectivity index (χ2v) is 12.6. The number of nitrogens with one attached hydrogen (secondary N) is 2. The average Bonchev–Trinajstić information content (AvgIpc) is 2.88. The van der Waals surface area contributed by atoms with E-state index in [4.69, 9.17) is 4.74 Å². The van der Waals surface area contributed by atoms with Crippen molar-refractivity contribution in [3.63, 3.8) is 0 Å². The van der Waals surface area contributed by atoms with Crippen LogP contribution in [0.4, 0.5) is 11.4 Å². The third kappa shape index (κ3) is 6.45. The molecule has 1 fully saturated rings. The van der Waals surface area contributed by atoms with Crippen LogP contribution in [0.1, 0.15) is 15.9 Å². The third-order valence-electron chi connectivity index (χ3n) is 5.70. The van der Waals surface area contributed by atoms with Gasteiger partial charge in [0.15, 0.2) is 0 Å². The van der Waals surface area contributed by atoms with E-state index in [1.807, 2.05) is 19.2 Å². The van der Waals surface area contributed by atoms with E-state index in [9.17, 15) is 21.6 Å². The summed E-state index contributed by atoms with van der Waals surface area (Å²) in [4.78, 5) is 15.3. The van der Waals surface area contributed by atoms with E-state index in [2.05, 4.69) is 9.44 Å².